The molecule has 0 saturated heterocycles. The molecule has 3 rings (SSSR count). The van der Waals surface area contributed by atoms with Crippen molar-refractivity contribution in [1.29, 1.82) is 5.41 Å². The van der Waals surface area contributed by atoms with Gasteiger partial charge in [-0.05, 0) is 23.4 Å². The average molecular weight is 222 g/mol. The van der Waals surface area contributed by atoms with Crippen LogP contribution >= 0.6 is 0 Å². The Labute approximate surface area is 99.5 Å². The van der Waals surface area contributed by atoms with Crippen molar-refractivity contribution in [2.24, 2.45) is 0 Å². The Hall–Kier alpha value is -2.26. The molecule has 3 heteroatoms. The first-order valence-electron chi connectivity index (χ1n) is 5.42. The minimum Gasteiger partial charge on any atom is -0.323 e. The molecule has 3 nitrogen and oxygen atoms in total. The van der Waals surface area contributed by atoms with Crippen LogP contribution in [0, 0.1) is 17.9 Å². The molecule has 0 amide bonds. The fourth-order valence-corrected chi connectivity index (χ4v) is 2.17. The van der Waals surface area contributed by atoms with Crippen molar-refractivity contribution in [3.8, 4) is 0 Å². The van der Waals surface area contributed by atoms with Crippen LogP contribution in [0.2, 0.25) is 0 Å². The predicted octanol–water partition coefficient (Wildman–Crippen LogP) is 1.61. The smallest absolute Gasteiger partial charge is 0.153 e. The van der Waals surface area contributed by atoms with Gasteiger partial charge in [-0.25, -0.2) is 0 Å². The molecule has 17 heavy (non-hydrogen) atoms. The lowest BCUT2D eigenvalue weighted by Crippen LogP contribution is -2.55. The van der Waals surface area contributed by atoms with Crippen molar-refractivity contribution in [3.63, 3.8) is 0 Å². The lowest BCUT2D eigenvalue weighted by atomic mass is 9.88. The van der Waals surface area contributed by atoms with Crippen molar-refractivity contribution < 1.29 is 5.73 Å². The van der Waals surface area contributed by atoms with E-state index in [0.29, 0.717) is 0 Å². The lowest BCUT2D eigenvalue weighted by Gasteiger charge is -2.17. The molecule has 82 valence electrons. The summed E-state index contributed by atoms with van der Waals surface area (Å²) >= 11 is 0. The van der Waals surface area contributed by atoms with Crippen molar-refractivity contribution in [2.75, 3.05) is 0 Å². The summed E-state index contributed by atoms with van der Waals surface area (Å²) in [4.78, 5) is 4.23. The summed E-state index contributed by atoms with van der Waals surface area (Å²) in [7, 11) is 0. The van der Waals surface area contributed by atoms with Crippen molar-refractivity contribution in [1.82, 2.24) is 4.98 Å². The Morgan fingerprint density at radius 3 is 3.06 bits per heavy atom. The van der Waals surface area contributed by atoms with Gasteiger partial charge < -0.3 is 11.1 Å². The van der Waals surface area contributed by atoms with E-state index in [-0.39, 0.29) is 0 Å². The zero-order valence-electron chi connectivity index (χ0n) is 9.27. The Morgan fingerprint density at radius 2 is 2.24 bits per heavy atom. The summed E-state index contributed by atoms with van der Waals surface area (Å²) in [6.07, 6.45) is 9.12. The quantitative estimate of drug-likeness (QED) is 0.588. The molecule has 1 aromatic carbocycles. The van der Waals surface area contributed by atoms with Gasteiger partial charge in [0.2, 0.25) is 0 Å². The Kier molecular flexibility index (Phi) is 2.13. The zero-order chi connectivity index (χ0) is 11.8. The van der Waals surface area contributed by atoms with Crippen LogP contribution in [0.1, 0.15) is 11.1 Å². The van der Waals surface area contributed by atoms with Crippen molar-refractivity contribution in [2.45, 2.75) is 0 Å². The highest BCUT2D eigenvalue weighted by Gasteiger charge is 2.19. The van der Waals surface area contributed by atoms with Gasteiger partial charge in [-0.2, -0.15) is 0 Å². The van der Waals surface area contributed by atoms with Gasteiger partial charge in [0.1, 0.15) is 0 Å². The summed E-state index contributed by atoms with van der Waals surface area (Å²) < 4.78 is 0. The van der Waals surface area contributed by atoms with Crippen LogP contribution in [-0.4, -0.2) is 11.2 Å². The third kappa shape index (κ3) is 1.48. The summed E-state index contributed by atoms with van der Waals surface area (Å²) in [6.45, 7) is 0. The van der Waals surface area contributed by atoms with Crippen LogP contribution in [0.5, 0.6) is 0 Å². The largest absolute Gasteiger partial charge is 0.323 e. The Morgan fingerprint density at radius 1 is 1.35 bits per heavy atom. The minimum absolute atomic E-state index is 0.719. The molecular weight excluding hydrogens is 210 g/mol. The highest BCUT2D eigenvalue weighted by atomic mass is 14.7. The van der Waals surface area contributed by atoms with E-state index in [4.69, 9.17) is 5.41 Å². The summed E-state index contributed by atoms with van der Waals surface area (Å²) in [5, 5.41) is 9.64. The maximum atomic E-state index is 7.27. The topological polar surface area (TPSA) is 64.4 Å². The van der Waals surface area contributed by atoms with Crippen LogP contribution in [-0.2, 0) is 0 Å². The van der Waals surface area contributed by atoms with E-state index in [1.165, 1.54) is 17.2 Å². The van der Waals surface area contributed by atoms with Gasteiger partial charge >= 0.3 is 0 Å². The lowest BCUT2D eigenvalue weighted by molar-refractivity contribution is -0.325. The fraction of sp³-hybridized carbons (Fsp3) is 0. The van der Waals surface area contributed by atoms with Gasteiger partial charge in [-0.15, -0.1) is 0 Å². The normalized spacial score (nSPS) is 12.9. The van der Waals surface area contributed by atoms with Crippen molar-refractivity contribution >= 4 is 23.1 Å². The number of rotatable bonds is 2. The van der Waals surface area contributed by atoms with Gasteiger partial charge in [0, 0.05) is 28.9 Å². The van der Waals surface area contributed by atoms with Crippen LogP contribution in [0.25, 0.3) is 16.8 Å². The van der Waals surface area contributed by atoms with Crippen LogP contribution in [0.4, 0.5) is 0 Å². The van der Waals surface area contributed by atoms with E-state index in [0.717, 1.165) is 22.6 Å². The number of nitrogens with zero attached hydrogens (tertiary/aromatic N) is 1. The number of benzene rings is 1. The van der Waals surface area contributed by atoms with Crippen molar-refractivity contribution in [3.05, 3.63) is 59.8 Å². The second kappa shape index (κ2) is 3.64. The number of nitrogens with one attached hydrogen (secondary N) is 1. The van der Waals surface area contributed by atoms with Gasteiger partial charge in [-0.3, -0.25) is 4.98 Å². The second-order valence-corrected chi connectivity index (χ2v) is 4.09. The fourth-order valence-electron chi connectivity index (χ4n) is 2.17. The van der Waals surface area contributed by atoms with Crippen LogP contribution in [0.3, 0.4) is 0 Å². The highest BCUT2D eigenvalue weighted by molar-refractivity contribution is 5.98. The standard InChI is InChI=1S/C14H12N3/c15-6-13(16)11-4-9-2-1-3-10-7-17-8-12(5-11)14(9)10/h1-8,15H,16H3/q+1. The Bertz CT molecular complexity index is 623. The first-order chi connectivity index (χ1) is 8.29. The number of hydrogen-bond acceptors (Lipinski definition) is 2. The summed E-state index contributed by atoms with van der Waals surface area (Å²) in [6, 6.07) is 6.88. The predicted molar refractivity (Wildman–Crippen MR) is 68.0 cm³/mol. The summed E-state index contributed by atoms with van der Waals surface area (Å²) in [5.41, 5.74) is 7.11. The minimum atomic E-state index is 0.719. The van der Waals surface area contributed by atoms with E-state index >= 15 is 0 Å². The number of hydrogen-bond donors (Lipinski definition) is 2. The average Bonchev–Trinajstić information content (AvgIpc) is 2.38. The molecule has 1 heterocycles. The maximum Gasteiger partial charge on any atom is 0.153 e. The highest BCUT2D eigenvalue weighted by Crippen LogP contribution is 2.32. The third-order valence-electron chi connectivity index (χ3n) is 3.01. The van der Waals surface area contributed by atoms with E-state index in [9.17, 15) is 0 Å². The molecule has 0 fully saturated rings. The SMILES string of the molecule is N=C[C-]([NH3+])C1=Cc2cncc3cccc(c23)[CH+]1. The van der Waals surface area contributed by atoms with E-state index in [1.807, 2.05) is 24.5 Å². The molecule has 2 aromatic rings. The molecule has 1 aliphatic rings. The maximum absolute atomic E-state index is 7.27. The number of quaternary nitrogens is 1. The molecule has 0 spiro atoms. The molecule has 0 bridgehead atoms. The Balaban J connectivity index is 2.25. The summed E-state index contributed by atoms with van der Waals surface area (Å²) in [5.74, 6) is 0. The van der Waals surface area contributed by atoms with Gasteiger partial charge in [0.05, 0.1) is 6.21 Å². The van der Waals surface area contributed by atoms with Gasteiger partial charge in [0.25, 0.3) is 0 Å². The molecule has 0 saturated carbocycles. The first-order valence-corrected chi connectivity index (χ1v) is 5.42. The molecular formula is C14H12N3+. The van der Waals surface area contributed by atoms with Gasteiger partial charge in [-0.1, -0.05) is 18.2 Å². The molecule has 4 N–H and O–H groups in total. The molecule has 1 aromatic heterocycles. The van der Waals surface area contributed by atoms with Crippen LogP contribution in [0.15, 0.2) is 36.2 Å². The monoisotopic (exact) mass is 222 g/mol. The molecule has 0 aliphatic heterocycles. The number of pyridine rings is 1. The molecule has 1 aliphatic carbocycles. The third-order valence-corrected chi connectivity index (χ3v) is 3.01. The molecule has 0 radical (unpaired) electrons. The van der Waals surface area contributed by atoms with E-state index in [2.05, 4.69) is 29.3 Å². The molecule has 0 unspecified atom stereocenters. The zero-order valence-corrected chi connectivity index (χ0v) is 9.27. The van der Waals surface area contributed by atoms with E-state index in [1.54, 1.807) is 0 Å². The van der Waals surface area contributed by atoms with Crippen LogP contribution < -0.4 is 5.73 Å². The van der Waals surface area contributed by atoms with Gasteiger partial charge in [0.15, 0.2) is 6.04 Å². The second-order valence-electron chi connectivity index (χ2n) is 4.09. The first kappa shape index (κ1) is 9.93. The molecule has 0 atom stereocenters. The number of aromatic nitrogens is 1. The van der Waals surface area contributed by atoms with E-state index < -0.39 is 0 Å².